The molecule has 3 fully saturated rings. The second-order valence-corrected chi connectivity index (χ2v) is 8.39. The van der Waals surface area contributed by atoms with Crippen LogP contribution in [0.25, 0.3) is 0 Å². The number of hydrogen-bond donors (Lipinski definition) is 3. The number of aromatic carboxylic acids is 1. The van der Waals surface area contributed by atoms with E-state index >= 15 is 0 Å². The normalized spacial score (nSPS) is 28.6. The summed E-state index contributed by atoms with van der Waals surface area (Å²) < 4.78 is 11.4. The number of carboxylic acid groups (broad SMARTS) is 1. The Morgan fingerprint density at radius 3 is 2.19 bits per heavy atom. The third kappa shape index (κ3) is 4.62. The topological polar surface area (TPSA) is 120 Å². The number of piperidine rings is 1. The number of epoxide rings is 1. The minimum Gasteiger partial charge on any atom is -0.508 e. The fourth-order valence-corrected chi connectivity index (χ4v) is 4.65. The third-order valence-electron chi connectivity index (χ3n) is 6.44. The number of aliphatic hydroxyl groups is 1. The highest BCUT2D eigenvalue weighted by Crippen LogP contribution is 2.48. The van der Waals surface area contributed by atoms with Crippen LogP contribution in [0.3, 0.4) is 0 Å². The van der Waals surface area contributed by atoms with Gasteiger partial charge in [-0.05, 0) is 36.9 Å². The van der Waals surface area contributed by atoms with Crippen LogP contribution in [0.15, 0.2) is 54.6 Å². The van der Waals surface area contributed by atoms with Gasteiger partial charge in [-0.15, -0.1) is 0 Å². The summed E-state index contributed by atoms with van der Waals surface area (Å²) in [5.74, 6) is -1.83. The van der Waals surface area contributed by atoms with E-state index in [1.165, 1.54) is 24.3 Å². The van der Waals surface area contributed by atoms with Gasteiger partial charge in [0.15, 0.2) is 0 Å². The van der Waals surface area contributed by atoms with E-state index in [1.807, 2.05) is 30.3 Å². The first kappa shape index (κ1) is 22.3. The lowest BCUT2D eigenvalue weighted by molar-refractivity contribution is -0.156. The van der Waals surface area contributed by atoms with Crippen LogP contribution in [-0.2, 0) is 14.3 Å². The van der Waals surface area contributed by atoms with Gasteiger partial charge in [-0.3, -0.25) is 9.69 Å². The molecule has 0 aromatic heterocycles. The highest BCUT2D eigenvalue weighted by atomic mass is 16.6. The lowest BCUT2D eigenvalue weighted by Gasteiger charge is -2.38. The van der Waals surface area contributed by atoms with E-state index in [1.54, 1.807) is 0 Å². The number of aromatic hydroxyl groups is 1. The second-order valence-electron chi connectivity index (χ2n) is 8.39. The largest absolute Gasteiger partial charge is 0.508 e. The fraction of sp³-hybridized carbons (Fsp3) is 0.417. The van der Waals surface area contributed by atoms with Crippen LogP contribution >= 0.6 is 0 Å². The van der Waals surface area contributed by atoms with Crippen molar-refractivity contribution in [3.05, 3.63) is 65.7 Å². The van der Waals surface area contributed by atoms with Gasteiger partial charge in [0.05, 0.1) is 12.2 Å². The van der Waals surface area contributed by atoms with Crippen LogP contribution in [0, 0.1) is 0 Å². The molecule has 1 unspecified atom stereocenters. The zero-order valence-electron chi connectivity index (χ0n) is 17.7. The van der Waals surface area contributed by atoms with Crippen molar-refractivity contribution < 1.29 is 34.4 Å². The van der Waals surface area contributed by atoms with Crippen molar-refractivity contribution in [2.24, 2.45) is 0 Å². The molecule has 3 heterocycles. The molecule has 0 aliphatic carbocycles. The minimum atomic E-state index is -0.986. The smallest absolute Gasteiger partial charge is 0.335 e. The molecule has 170 valence electrons. The Hall–Kier alpha value is -2.94. The fourth-order valence-electron chi connectivity index (χ4n) is 4.65. The first-order chi connectivity index (χ1) is 15.4. The number of aliphatic hydroxyl groups excluding tert-OH is 1. The summed E-state index contributed by atoms with van der Waals surface area (Å²) in [6.45, 7) is -0.226. The molecule has 3 aliphatic rings. The molecule has 2 bridgehead atoms. The molecule has 0 radical (unpaired) electrons. The van der Waals surface area contributed by atoms with Crippen molar-refractivity contribution in [3.8, 4) is 5.75 Å². The zero-order chi connectivity index (χ0) is 22.8. The number of benzene rings is 2. The van der Waals surface area contributed by atoms with E-state index in [0.29, 0.717) is 24.3 Å². The first-order valence-corrected chi connectivity index (χ1v) is 10.6. The maximum Gasteiger partial charge on any atom is 0.335 e. The van der Waals surface area contributed by atoms with E-state index in [-0.39, 0.29) is 30.0 Å². The monoisotopic (exact) mass is 441 g/mol. The molecule has 8 nitrogen and oxygen atoms in total. The molecule has 3 aliphatic heterocycles. The number of nitrogens with zero attached hydrogens (tertiary/aromatic N) is 1. The van der Waals surface area contributed by atoms with Gasteiger partial charge in [0.2, 0.25) is 0 Å². The molecule has 8 heteroatoms. The van der Waals surface area contributed by atoms with E-state index in [4.69, 9.17) is 19.7 Å². The first-order valence-electron chi connectivity index (χ1n) is 10.6. The summed E-state index contributed by atoms with van der Waals surface area (Å²) in [7, 11) is 2.13. The minimum absolute atomic E-state index is 0.0622. The van der Waals surface area contributed by atoms with Gasteiger partial charge in [0.1, 0.15) is 30.0 Å². The summed E-state index contributed by atoms with van der Waals surface area (Å²) in [5, 5.41) is 26.7. The Morgan fingerprint density at radius 2 is 1.66 bits per heavy atom. The number of morpholine rings is 1. The Kier molecular flexibility index (Phi) is 6.45. The maximum absolute atomic E-state index is 12.4. The van der Waals surface area contributed by atoms with Crippen molar-refractivity contribution in [1.82, 2.24) is 4.90 Å². The Bertz CT molecular complexity index is 931. The number of carboxylic acids is 1. The van der Waals surface area contributed by atoms with Crippen molar-refractivity contribution >= 4 is 11.9 Å². The van der Waals surface area contributed by atoms with Gasteiger partial charge in [-0.2, -0.15) is 0 Å². The van der Waals surface area contributed by atoms with Gasteiger partial charge >= 0.3 is 11.9 Å². The van der Waals surface area contributed by atoms with Gasteiger partial charge in [0.25, 0.3) is 0 Å². The van der Waals surface area contributed by atoms with Crippen LogP contribution in [-0.4, -0.2) is 76.2 Å². The van der Waals surface area contributed by atoms with Crippen LogP contribution in [0.2, 0.25) is 0 Å². The van der Waals surface area contributed by atoms with Crippen LogP contribution < -0.4 is 0 Å². The van der Waals surface area contributed by atoms with Crippen LogP contribution in [0.5, 0.6) is 5.75 Å². The molecule has 3 saturated heterocycles. The average Bonchev–Trinajstić information content (AvgIpc) is 3.54. The van der Waals surface area contributed by atoms with Gasteiger partial charge in [-0.25, -0.2) is 4.79 Å². The standard InChI is InChI=1S/C17H21NO4.C7H6O3/c1-18-13-7-11(8-14(18)16-15(13)22-16)21-17(20)12(9-19)10-5-3-2-4-6-10;8-6-3-1-5(2-4-6)7(9)10/h2-6,11-16,19H,7-9H2,1H3;1-4,8H,(H,9,10)/t11?,12-,13-,14+,15-,16+;/m1./s1. The van der Waals surface area contributed by atoms with E-state index in [2.05, 4.69) is 11.9 Å². The quantitative estimate of drug-likeness (QED) is 0.476. The number of carbonyl (C=O) groups is 2. The van der Waals surface area contributed by atoms with Crippen molar-refractivity contribution in [2.45, 2.75) is 49.2 Å². The van der Waals surface area contributed by atoms with Gasteiger partial charge < -0.3 is 24.8 Å². The number of phenolic OH excluding ortho intramolecular Hbond substituents is 1. The summed E-state index contributed by atoms with van der Waals surface area (Å²) >= 11 is 0. The molecule has 2 aromatic carbocycles. The van der Waals surface area contributed by atoms with E-state index in [9.17, 15) is 14.7 Å². The van der Waals surface area contributed by atoms with Crippen LogP contribution in [0.1, 0.15) is 34.7 Å². The van der Waals surface area contributed by atoms with Crippen molar-refractivity contribution in [1.29, 1.82) is 0 Å². The van der Waals surface area contributed by atoms with Crippen molar-refractivity contribution in [2.75, 3.05) is 13.7 Å². The second kappa shape index (κ2) is 9.28. The lowest BCUT2D eigenvalue weighted by Crippen LogP contribution is -2.48. The number of likely N-dealkylation sites (N-methyl/N-ethyl adjacent to an activating group) is 1. The highest BCUT2D eigenvalue weighted by Gasteiger charge is 2.62. The number of rotatable bonds is 5. The summed E-state index contributed by atoms with van der Waals surface area (Å²) in [5.41, 5.74) is 0.981. The number of carbonyl (C=O) groups excluding carboxylic acids is 1. The number of fused-ring (bicyclic) bond motifs is 5. The Morgan fingerprint density at radius 1 is 1.06 bits per heavy atom. The highest BCUT2D eigenvalue weighted by molar-refractivity contribution is 5.87. The molecule has 0 saturated carbocycles. The summed E-state index contributed by atoms with van der Waals surface area (Å²) in [6, 6.07) is 15.4. The van der Waals surface area contributed by atoms with E-state index < -0.39 is 11.9 Å². The Labute approximate surface area is 186 Å². The number of hydrogen-bond acceptors (Lipinski definition) is 7. The molecule has 32 heavy (non-hydrogen) atoms. The number of phenols is 1. The lowest BCUT2D eigenvalue weighted by atomic mass is 9.97. The SMILES string of the molecule is CN1[C@@H]2CC(OC(=O)[C@H](CO)c3ccccc3)C[C@H]1[C@@H]1O[C@@H]12.O=C(O)c1ccc(O)cc1. The summed E-state index contributed by atoms with van der Waals surface area (Å²) in [4.78, 5) is 25.0. The molecule has 5 rings (SSSR count). The Balaban J connectivity index is 0.000000207. The predicted octanol–water partition coefficient (Wildman–Crippen LogP) is 2.01. The molecule has 0 spiro atoms. The van der Waals surface area contributed by atoms with Crippen molar-refractivity contribution in [3.63, 3.8) is 0 Å². The average molecular weight is 441 g/mol. The number of ether oxygens (including phenoxy) is 2. The molecular formula is C24H27NO7. The molecule has 0 amide bonds. The molecule has 2 aromatic rings. The third-order valence-corrected chi connectivity index (χ3v) is 6.44. The number of esters is 1. The van der Waals surface area contributed by atoms with Gasteiger partial charge in [-0.1, -0.05) is 30.3 Å². The predicted molar refractivity (Wildman–Crippen MR) is 114 cm³/mol. The van der Waals surface area contributed by atoms with Gasteiger partial charge in [0, 0.05) is 24.9 Å². The van der Waals surface area contributed by atoms with Crippen LogP contribution in [0.4, 0.5) is 0 Å². The van der Waals surface area contributed by atoms with E-state index in [0.717, 1.165) is 18.4 Å². The zero-order valence-corrected chi connectivity index (χ0v) is 17.7. The maximum atomic E-state index is 12.4. The summed E-state index contributed by atoms with van der Waals surface area (Å²) in [6.07, 6.45) is 2.26. The molecular weight excluding hydrogens is 414 g/mol. The molecule has 3 N–H and O–H groups in total. The molecule has 6 atom stereocenters.